The molecule has 0 radical (unpaired) electrons. The second-order valence-corrected chi connectivity index (χ2v) is 7.39. The smallest absolute Gasteiger partial charge is 0.222 e. The third kappa shape index (κ3) is 5.33. The van der Waals surface area contributed by atoms with Crippen LogP contribution in [0.15, 0.2) is 48.5 Å². The number of rotatable bonds is 7. The molecule has 4 nitrogen and oxygen atoms in total. The fraction of sp³-hybridized carbons (Fsp3) is 0.435. The SMILES string of the molecule is O=C(CCCCc1cccc(O)c1)N1CCC(c2ccccc2CO)CC1. The van der Waals surface area contributed by atoms with E-state index in [0.29, 0.717) is 18.1 Å². The summed E-state index contributed by atoms with van der Waals surface area (Å²) in [5.74, 6) is 0.983. The number of hydrogen-bond acceptors (Lipinski definition) is 3. The maximum atomic E-state index is 12.5. The topological polar surface area (TPSA) is 60.8 Å². The molecule has 1 aliphatic heterocycles. The lowest BCUT2D eigenvalue weighted by Gasteiger charge is -2.33. The molecule has 4 heteroatoms. The van der Waals surface area contributed by atoms with Gasteiger partial charge in [0.25, 0.3) is 0 Å². The Morgan fingerprint density at radius 3 is 2.56 bits per heavy atom. The number of carbonyl (C=O) groups is 1. The van der Waals surface area contributed by atoms with Gasteiger partial charge in [-0.3, -0.25) is 4.79 Å². The summed E-state index contributed by atoms with van der Waals surface area (Å²) in [5.41, 5.74) is 3.36. The van der Waals surface area contributed by atoms with E-state index in [9.17, 15) is 15.0 Å². The maximum absolute atomic E-state index is 12.5. The number of benzene rings is 2. The van der Waals surface area contributed by atoms with Crippen molar-refractivity contribution in [2.75, 3.05) is 13.1 Å². The molecule has 1 fully saturated rings. The zero-order valence-corrected chi connectivity index (χ0v) is 15.8. The molecule has 1 aliphatic rings. The van der Waals surface area contributed by atoms with E-state index in [-0.39, 0.29) is 12.5 Å². The van der Waals surface area contributed by atoms with E-state index in [0.717, 1.165) is 56.3 Å². The van der Waals surface area contributed by atoms with Crippen molar-refractivity contribution in [3.63, 3.8) is 0 Å². The highest BCUT2D eigenvalue weighted by atomic mass is 16.3. The maximum Gasteiger partial charge on any atom is 0.222 e. The predicted octanol–water partition coefficient (Wildman–Crippen LogP) is 4.00. The van der Waals surface area contributed by atoms with Gasteiger partial charge in [0.05, 0.1) is 6.61 Å². The first-order chi connectivity index (χ1) is 13.2. The van der Waals surface area contributed by atoms with Crippen LogP contribution in [0.1, 0.15) is 54.7 Å². The highest BCUT2D eigenvalue weighted by Gasteiger charge is 2.24. The van der Waals surface area contributed by atoms with E-state index >= 15 is 0 Å². The van der Waals surface area contributed by atoms with E-state index in [4.69, 9.17) is 0 Å². The Kier molecular flexibility index (Phi) is 6.88. The molecular weight excluding hydrogens is 338 g/mol. The lowest BCUT2D eigenvalue weighted by molar-refractivity contribution is -0.132. The summed E-state index contributed by atoms with van der Waals surface area (Å²) in [6.45, 7) is 1.68. The van der Waals surface area contributed by atoms with Gasteiger partial charge in [0.2, 0.25) is 5.91 Å². The van der Waals surface area contributed by atoms with Gasteiger partial charge in [0.15, 0.2) is 0 Å². The first-order valence-electron chi connectivity index (χ1n) is 9.91. The summed E-state index contributed by atoms with van der Waals surface area (Å²) in [6.07, 6.45) is 5.24. The predicted molar refractivity (Wildman–Crippen MR) is 107 cm³/mol. The first kappa shape index (κ1) is 19.4. The van der Waals surface area contributed by atoms with Gasteiger partial charge in [0, 0.05) is 19.5 Å². The number of likely N-dealkylation sites (tertiary alicyclic amines) is 1. The van der Waals surface area contributed by atoms with Crippen LogP contribution in [0, 0.1) is 0 Å². The van der Waals surface area contributed by atoms with E-state index in [1.807, 2.05) is 35.2 Å². The van der Waals surface area contributed by atoms with Gasteiger partial charge < -0.3 is 15.1 Å². The van der Waals surface area contributed by atoms with Crippen LogP contribution >= 0.6 is 0 Å². The fourth-order valence-electron chi connectivity index (χ4n) is 3.99. The minimum absolute atomic E-state index is 0.0779. The monoisotopic (exact) mass is 367 g/mol. The zero-order valence-electron chi connectivity index (χ0n) is 15.8. The van der Waals surface area contributed by atoms with Gasteiger partial charge in [-0.1, -0.05) is 36.4 Å². The van der Waals surface area contributed by atoms with Crippen LogP contribution in [0.2, 0.25) is 0 Å². The van der Waals surface area contributed by atoms with Crippen LogP contribution < -0.4 is 0 Å². The van der Waals surface area contributed by atoms with Gasteiger partial charge in [0.1, 0.15) is 5.75 Å². The molecule has 2 aromatic rings. The quantitative estimate of drug-likeness (QED) is 0.727. The second kappa shape index (κ2) is 9.56. The molecule has 0 saturated carbocycles. The van der Waals surface area contributed by atoms with Gasteiger partial charge in [-0.25, -0.2) is 0 Å². The number of aryl methyl sites for hydroxylation is 1. The number of piperidine rings is 1. The Bertz CT molecular complexity index is 751. The fourth-order valence-corrected chi connectivity index (χ4v) is 3.99. The average molecular weight is 367 g/mol. The molecule has 1 amide bonds. The van der Waals surface area contributed by atoms with Crippen molar-refractivity contribution in [2.24, 2.45) is 0 Å². The number of aliphatic hydroxyl groups excluding tert-OH is 1. The molecule has 0 aliphatic carbocycles. The van der Waals surface area contributed by atoms with Crippen LogP contribution in [0.3, 0.4) is 0 Å². The summed E-state index contributed by atoms with van der Waals surface area (Å²) in [7, 11) is 0. The molecule has 144 valence electrons. The van der Waals surface area contributed by atoms with Gasteiger partial charge in [-0.05, 0) is 66.8 Å². The molecular formula is C23H29NO3. The highest BCUT2D eigenvalue weighted by molar-refractivity contribution is 5.76. The van der Waals surface area contributed by atoms with Crippen molar-refractivity contribution in [3.05, 3.63) is 65.2 Å². The van der Waals surface area contributed by atoms with Crippen LogP contribution in [-0.4, -0.2) is 34.1 Å². The summed E-state index contributed by atoms with van der Waals surface area (Å²) in [5, 5.41) is 19.0. The lowest BCUT2D eigenvalue weighted by atomic mass is 9.86. The molecule has 3 rings (SSSR count). The van der Waals surface area contributed by atoms with Crippen molar-refractivity contribution >= 4 is 5.91 Å². The Balaban J connectivity index is 1.41. The van der Waals surface area contributed by atoms with Crippen molar-refractivity contribution in [1.82, 2.24) is 4.90 Å². The van der Waals surface area contributed by atoms with Crippen molar-refractivity contribution < 1.29 is 15.0 Å². The number of hydrogen-bond donors (Lipinski definition) is 2. The number of amides is 1. The summed E-state index contributed by atoms with van der Waals surface area (Å²) < 4.78 is 0. The zero-order chi connectivity index (χ0) is 19.1. The van der Waals surface area contributed by atoms with E-state index in [2.05, 4.69) is 6.07 Å². The molecule has 1 heterocycles. The van der Waals surface area contributed by atoms with Crippen LogP contribution in [-0.2, 0) is 17.8 Å². The molecule has 2 N–H and O–H groups in total. The number of aromatic hydroxyl groups is 1. The second-order valence-electron chi connectivity index (χ2n) is 7.39. The third-order valence-electron chi connectivity index (χ3n) is 5.53. The normalized spacial score (nSPS) is 15.1. The summed E-state index contributed by atoms with van der Waals surface area (Å²) in [6, 6.07) is 15.4. The number of carbonyl (C=O) groups excluding carboxylic acids is 1. The van der Waals surface area contributed by atoms with Crippen molar-refractivity contribution in [2.45, 2.75) is 51.0 Å². The molecule has 2 aromatic carbocycles. The standard InChI is InChI=1S/C23H29NO3/c25-17-20-8-2-3-10-22(20)19-12-14-24(15-13-19)23(27)11-4-1-6-18-7-5-9-21(26)16-18/h2-3,5,7-10,16,19,25-26H,1,4,6,11-15,17H2. The van der Waals surface area contributed by atoms with Gasteiger partial charge in [-0.2, -0.15) is 0 Å². The summed E-state index contributed by atoms with van der Waals surface area (Å²) in [4.78, 5) is 14.5. The molecule has 0 spiro atoms. The number of phenolic OH excluding ortho intramolecular Hbond substituents is 1. The Labute approximate surface area is 161 Å². The van der Waals surface area contributed by atoms with E-state index in [1.165, 1.54) is 5.56 Å². The van der Waals surface area contributed by atoms with Gasteiger partial charge in [-0.15, -0.1) is 0 Å². The van der Waals surface area contributed by atoms with Crippen molar-refractivity contribution in [1.29, 1.82) is 0 Å². The van der Waals surface area contributed by atoms with Crippen LogP contribution in [0.5, 0.6) is 5.75 Å². The minimum atomic E-state index is 0.0779. The largest absolute Gasteiger partial charge is 0.508 e. The molecule has 0 atom stereocenters. The Morgan fingerprint density at radius 1 is 1.04 bits per heavy atom. The Hall–Kier alpha value is -2.33. The van der Waals surface area contributed by atoms with E-state index < -0.39 is 0 Å². The number of unbranched alkanes of at least 4 members (excludes halogenated alkanes) is 1. The third-order valence-corrected chi connectivity index (χ3v) is 5.53. The molecule has 0 bridgehead atoms. The molecule has 0 aromatic heterocycles. The molecule has 0 unspecified atom stereocenters. The highest BCUT2D eigenvalue weighted by Crippen LogP contribution is 2.30. The Morgan fingerprint density at radius 2 is 1.81 bits per heavy atom. The van der Waals surface area contributed by atoms with Gasteiger partial charge >= 0.3 is 0 Å². The molecule has 1 saturated heterocycles. The number of aliphatic hydroxyl groups is 1. The first-order valence-corrected chi connectivity index (χ1v) is 9.91. The van der Waals surface area contributed by atoms with Crippen LogP contribution in [0.4, 0.5) is 0 Å². The lowest BCUT2D eigenvalue weighted by Crippen LogP contribution is -2.37. The minimum Gasteiger partial charge on any atom is -0.508 e. The number of nitrogens with zero attached hydrogens (tertiary/aromatic N) is 1. The average Bonchev–Trinajstić information content (AvgIpc) is 2.71. The van der Waals surface area contributed by atoms with E-state index in [1.54, 1.807) is 12.1 Å². The van der Waals surface area contributed by atoms with Crippen molar-refractivity contribution in [3.8, 4) is 5.75 Å². The summed E-state index contributed by atoms with van der Waals surface area (Å²) >= 11 is 0. The molecule has 27 heavy (non-hydrogen) atoms. The number of phenols is 1. The van der Waals surface area contributed by atoms with Crippen LogP contribution in [0.25, 0.3) is 0 Å².